The lowest BCUT2D eigenvalue weighted by Crippen LogP contribution is -2.60. The van der Waals surface area contributed by atoms with Crippen molar-refractivity contribution in [3.05, 3.63) is 12.2 Å². The number of nitrogens with zero attached hydrogens (tertiary/aromatic N) is 1. The van der Waals surface area contributed by atoms with Crippen molar-refractivity contribution in [3.8, 4) is 0 Å². The van der Waals surface area contributed by atoms with E-state index in [1.165, 1.54) is 0 Å². The van der Waals surface area contributed by atoms with E-state index in [-0.39, 0.29) is 22.3 Å². The van der Waals surface area contributed by atoms with E-state index >= 15 is 0 Å². The quantitative estimate of drug-likeness (QED) is 0.752. The maximum absolute atomic E-state index is 12.6. The van der Waals surface area contributed by atoms with Crippen molar-refractivity contribution in [2.45, 2.75) is 61.9 Å². The van der Waals surface area contributed by atoms with Crippen molar-refractivity contribution in [1.82, 2.24) is 4.90 Å². The van der Waals surface area contributed by atoms with Crippen molar-refractivity contribution in [1.29, 1.82) is 0 Å². The molecule has 2 aliphatic carbocycles. The van der Waals surface area contributed by atoms with Gasteiger partial charge in [-0.25, -0.2) is 8.42 Å². The minimum atomic E-state index is -3.03. The van der Waals surface area contributed by atoms with Crippen LogP contribution in [0.1, 0.15) is 51.4 Å². The molecule has 1 saturated carbocycles. The lowest BCUT2D eigenvalue weighted by molar-refractivity contribution is -0.139. The van der Waals surface area contributed by atoms with Crippen LogP contribution < -0.4 is 0 Å². The molecule has 118 valence electrons. The Balaban J connectivity index is 1.54. The molecule has 1 amide bonds. The minimum Gasteiger partial charge on any atom is -0.340 e. The average molecular weight is 311 g/mol. The molecule has 0 aromatic carbocycles. The average Bonchev–Trinajstić information content (AvgIpc) is 2.47. The number of allylic oxidation sites excluding steroid dienone is 2. The largest absolute Gasteiger partial charge is 0.340 e. The Kier molecular flexibility index (Phi) is 4.38. The zero-order valence-electron chi connectivity index (χ0n) is 12.5. The first-order valence-corrected chi connectivity index (χ1v) is 9.86. The molecule has 0 spiro atoms. The van der Waals surface area contributed by atoms with E-state index < -0.39 is 9.84 Å². The summed E-state index contributed by atoms with van der Waals surface area (Å²) in [6.45, 7) is 0.857. The van der Waals surface area contributed by atoms with Crippen LogP contribution >= 0.6 is 0 Å². The van der Waals surface area contributed by atoms with Crippen LogP contribution in [0.25, 0.3) is 0 Å². The molecule has 0 unspecified atom stereocenters. The van der Waals surface area contributed by atoms with Gasteiger partial charge in [-0.3, -0.25) is 4.79 Å². The normalized spacial score (nSPS) is 28.4. The highest BCUT2D eigenvalue weighted by Crippen LogP contribution is 2.31. The monoisotopic (exact) mass is 311 g/mol. The fourth-order valence-corrected chi connectivity index (χ4v) is 6.08. The number of carbonyl (C=O) groups is 1. The third kappa shape index (κ3) is 3.03. The van der Waals surface area contributed by atoms with E-state index in [1.807, 2.05) is 0 Å². The zero-order chi connectivity index (χ0) is 14.9. The molecule has 1 aliphatic heterocycles. The Morgan fingerprint density at radius 1 is 0.952 bits per heavy atom. The fraction of sp³-hybridized carbons (Fsp3) is 0.812. The van der Waals surface area contributed by atoms with E-state index in [0.717, 1.165) is 51.4 Å². The Hall–Kier alpha value is -0.840. The van der Waals surface area contributed by atoms with Crippen molar-refractivity contribution in [2.24, 2.45) is 5.92 Å². The van der Waals surface area contributed by atoms with Crippen LogP contribution in [0.5, 0.6) is 0 Å². The minimum absolute atomic E-state index is 0.0772. The van der Waals surface area contributed by atoms with Gasteiger partial charge in [0, 0.05) is 19.0 Å². The van der Waals surface area contributed by atoms with E-state index in [1.54, 1.807) is 4.90 Å². The van der Waals surface area contributed by atoms with Gasteiger partial charge in [-0.05, 0) is 32.1 Å². The van der Waals surface area contributed by atoms with Crippen LogP contribution in [-0.4, -0.2) is 42.8 Å². The van der Waals surface area contributed by atoms with Gasteiger partial charge in [0.05, 0.1) is 10.5 Å². The first-order valence-electron chi connectivity index (χ1n) is 8.25. The molecule has 4 nitrogen and oxygen atoms in total. The van der Waals surface area contributed by atoms with Crippen LogP contribution in [0.3, 0.4) is 0 Å². The smallest absolute Gasteiger partial charge is 0.226 e. The maximum Gasteiger partial charge on any atom is 0.226 e. The topological polar surface area (TPSA) is 54.5 Å². The second-order valence-corrected chi connectivity index (χ2v) is 9.21. The van der Waals surface area contributed by atoms with Crippen LogP contribution in [0.2, 0.25) is 0 Å². The molecule has 0 bridgehead atoms. The van der Waals surface area contributed by atoms with Gasteiger partial charge in [0.1, 0.15) is 0 Å². The Morgan fingerprint density at radius 3 is 2.29 bits per heavy atom. The molecule has 0 aromatic heterocycles. The number of amides is 1. The first kappa shape index (κ1) is 15.1. The van der Waals surface area contributed by atoms with Crippen molar-refractivity contribution < 1.29 is 13.2 Å². The number of hydrogen-bond donors (Lipinski definition) is 0. The molecule has 0 radical (unpaired) electrons. The Morgan fingerprint density at radius 2 is 1.67 bits per heavy atom. The highest BCUT2D eigenvalue weighted by atomic mass is 32.2. The van der Waals surface area contributed by atoms with Gasteiger partial charge < -0.3 is 4.90 Å². The van der Waals surface area contributed by atoms with Crippen LogP contribution in [0, 0.1) is 5.92 Å². The molecule has 0 aromatic rings. The van der Waals surface area contributed by atoms with E-state index in [4.69, 9.17) is 0 Å². The fourth-order valence-electron chi connectivity index (χ4n) is 3.77. The second-order valence-electron chi connectivity index (χ2n) is 6.70. The summed E-state index contributed by atoms with van der Waals surface area (Å²) in [5, 5.41) is -0.449. The van der Waals surface area contributed by atoms with Gasteiger partial charge in [0.2, 0.25) is 5.91 Å². The number of rotatable bonds is 3. The number of carbonyl (C=O) groups excluding carboxylic acids is 1. The number of hydrogen-bond acceptors (Lipinski definition) is 3. The van der Waals surface area contributed by atoms with Crippen molar-refractivity contribution in [2.75, 3.05) is 13.1 Å². The SMILES string of the molecule is O=C([C@@H]1CC=CCC1)N1CC(S(=O)(=O)C2CCCCC2)C1. The summed E-state index contributed by atoms with van der Waals surface area (Å²) in [6.07, 6.45) is 11.8. The summed E-state index contributed by atoms with van der Waals surface area (Å²) in [6, 6.07) is 0. The van der Waals surface area contributed by atoms with E-state index in [9.17, 15) is 13.2 Å². The lowest BCUT2D eigenvalue weighted by atomic mass is 9.92. The van der Waals surface area contributed by atoms with Crippen LogP contribution in [-0.2, 0) is 14.6 Å². The van der Waals surface area contributed by atoms with Gasteiger partial charge >= 0.3 is 0 Å². The summed E-state index contributed by atoms with van der Waals surface area (Å²) < 4.78 is 25.1. The van der Waals surface area contributed by atoms with Crippen LogP contribution in [0.4, 0.5) is 0 Å². The summed E-state index contributed by atoms with van der Waals surface area (Å²) in [5.41, 5.74) is 0. The molecule has 3 rings (SSSR count). The zero-order valence-corrected chi connectivity index (χ0v) is 13.4. The summed E-state index contributed by atoms with van der Waals surface area (Å²) >= 11 is 0. The second kappa shape index (κ2) is 6.11. The highest BCUT2D eigenvalue weighted by molar-refractivity contribution is 7.92. The lowest BCUT2D eigenvalue weighted by Gasteiger charge is -2.42. The van der Waals surface area contributed by atoms with Crippen molar-refractivity contribution in [3.63, 3.8) is 0 Å². The molecular formula is C16H25NO3S. The molecular weight excluding hydrogens is 286 g/mol. The Labute approximate surface area is 127 Å². The molecule has 0 N–H and O–H groups in total. The van der Waals surface area contributed by atoms with Gasteiger partial charge in [0.25, 0.3) is 0 Å². The first-order chi connectivity index (χ1) is 10.1. The van der Waals surface area contributed by atoms with E-state index in [0.29, 0.717) is 13.1 Å². The van der Waals surface area contributed by atoms with Gasteiger partial charge in [-0.1, -0.05) is 31.4 Å². The third-order valence-electron chi connectivity index (χ3n) is 5.26. The summed E-state index contributed by atoms with van der Waals surface area (Å²) in [4.78, 5) is 14.1. The molecule has 5 heteroatoms. The predicted octanol–water partition coefficient (Wildman–Crippen LogP) is 2.30. The van der Waals surface area contributed by atoms with Gasteiger partial charge in [-0.2, -0.15) is 0 Å². The van der Waals surface area contributed by atoms with Crippen LogP contribution in [0.15, 0.2) is 12.2 Å². The van der Waals surface area contributed by atoms with E-state index in [2.05, 4.69) is 12.2 Å². The molecule has 3 aliphatic rings. The summed E-state index contributed by atoms with van der Waals surface area (Å²) in [5.74, 6) is 0.239. The predicted molar refractivity (Wildman–Crippen MR) is 82.6 cm³/mol. The molecule has 21 heavy (non-hydrogen) atoms. The standard InChI is InChI=1S/C16H25NO3S/c18-16(13-7-3-1-4-8-13)17-11-15(12-17)21(19,20)14-9-5-2-6-10-14/h1,3,13-15H,2,4-12H2/t13-/m1/s1. The molecule has 1 heterocycles. The summed E-state index contributed by atoms with van der Waals surface area (Å²) in [7, 11) is -3.03. The maximum atomic E-state index is 12.6. The third-order valence-corrected chi connectivity index (χ3v) is 7.89. The molecule has 1 saturated heterocycles. The molecule has 1 atom stereocenters. The van der Waals surface area contributed by atoms with Gasteiger partial charge in [-0.15, -0.1) is 0 Å². The highest BCUT2D eigenvalue weighted by Gasteiger charge is 2.44. The molecule has 2 fully saturated rings. The Bertz CT molecular complexity index is 514. The number of likely N-dealkylation sites (tertiary alicyclic amines) is 1. The van der Waals surface area contributed by atoms with Crippen molar-refractivity contribution >= 4 is 15.7 Å². The van der Waals surface area contributed by atoms with Gasteiger partial charge in [0.15, 0.2) is 9.84 Å². The number of sulfone groups is 1.